The topological polar surface area (TPSA) is 15.3 Å². The standard InChI is InChI=1S/C16H26N2/c1-4-14-7-9-18(10-8-14)16-6-5-15(12-17-3)11-13(16)2/h5-6,11,14,17H,4,7-10,12H2,1-3H3. The van der Waals surface area contributed by atoms with E-state index in [9.17, 15) is 0 Å². The summed E-state index contributed by atoms with van der Waals surface area (Å²) < 4.78 is 0. The Hall–Kier alpha value is -1.02. The molecule has 1 aliphatic heterocycles. The Balaban J connectivity index is 2.05. The second-order valence-corrected chi connectivity index (χ2v) is 5.49. The summed E-state index contributed by atoms with van der Waals surface area (Å²) in [5.74, 6) is 0.949. The summed E-state index contributed by atoms with van der Waals surface area (Å²) in [6, 6.07) is 6.87. The summed E-state index contributed by atoms with van der Waals surface area (Å²) in [6.07, 6.45) is 4.05. The maximum Gasteiger partial charge on any atom is 0.0396 e. The maximum atomic E-state index is 3.21. The van der Waals surface area contributed by atoms with Gasteiger partial charge in [-0.1, -0.05) is 25.5 Å². The van der Waals surface area contributed by atoms with Crippen molar-refractivity contribution in [3.63, 3.8) is 0 Å². The van der Waals surface area contributed by atoms with E-state index >= 15 is 0 Å². The first-order valence-electron chi connectivity index (χ1n) is 7.23. The molecule has 2 rings (SSSR count). The van der Waals surface area contributed by atoms with Crippen LogP contribution in [-0.2, 0) is 6.54 Å². The minimum atomic E-state index is 0.949. The molecule has 1 aliphatic rings. The molecule has 0 atom stereocenters. The van der Waals surface area contributed by atoms with Crippen LogP contribution >= 0.6 is 0 Å². The fourth-order valence-corrected chi connectivity index (χ4v) is 2.97. The van der Waals surface area contributed by atoms with Gasteiger partial charge in [0.1, 0.15) is 0 Å². The fourth-order valence-electron chi connectivity index (χ4n) is 2.97. The SMILES string of the molecule is CCC1CCN(c2ccc(CNC)cc2C)CC1. The molecule has 0 aliphatic carbocycles. The highest BCUT2D eigenvalue weighted by atomic mass is 15.1. The first-order valence-corrected chi connectivity index (χ1v) is 7.23. The molecule has 2 nitrogen and oxygen atoms in total. The van der Waals surface area contributed by atoms with Crippen LogP contribution in [0.5, 0.6) is 0 Å². The first kappa shape index (κ1) is 13.4. The number of hydrogen-bond donors (Lipinski definition) is 1. The highest BCUT2D eigenvalue weighted by Crippen LogP contribution is 2.27. The smallest absolute Gasteiger partial charge is 0.0396 e. The number of anilines is 1. The highest BCUT2D eigenvalue weighted by Gasteiger charge is 2.18. The minimum absolute atomic E-state index is 0.949. The zero-order valence-corrected chi connectivity index (χ0v) is 12.0. The van der Waals surface area contributed by atoms with Crippen LogP contribution in [0.4, 0.5) is 5.69 Å². The third-order valence-electron chi connectivity index (χ3n) is 4.17. The molecule has 0 amide bonds. The largest absolute Gasteiger partial charge is 0.371 e. The molecule has 0 bridgehead atoms. The lowest BCUT2D eigenvalue weighted by atomic mass is 9.93. The number of aryl methyl sites for hydroxylation is 1. The summed E-state index contributed by atoms with van der Waals surface area (Å²) in [7, 11) is 2.00. The molecule has 1 saturated heterocycles. The van der Waals surface area contributed by atoms with E-state index in [-0.39, 0.29) is 0 Å². The normalized spacial score (nSPS) is 17.2. The number of hydrogen-bond acceptors (Lipinski definition) is 2. The van der Waals surface area contributed by atoms with Crippen molar-refractivity contribution in [2.75, 3.05) is 25.0 Å². The van der Waals surface area contributed by atoms with Gasteiger partial charge in [0.25, 0.3) is 0 Å². The van der Waals surface area contributed by atoms with Crippen molar-refractivity contribution >= 4 is 5.69 Å². The molecular weight excluding hydrogens is 220 g/mol. The molecule has 0 aromatic heterocycles. The lowest BCUT2D eigenvalue weighted by Gasteiger charge is -2.34. The molecule has 0 spiro atoms. The van der Waals surface area contributed by atoms with Gasteiger partial charge in [-0.05, 0) is 49.9 Å². The Morgan fingerprint density at radius 3 is 2.56 bits per heavy atom. The lowest BCUT2D eigenvalue weighted by molar-refractivity contribution is 0.395. The lowest BCUT2D eigenvalue weighted by Crippen LogP contribution is -2.33. The van der Waals surface area contributed by atoms with Gasteiger partial charge in [-0.25, -0.2) is 0 Å². The van der Waals surface area contributed by atoms with E-state index in [0.717, 1.165) is 12.5 Å². The molecule has 1 fully saturated rings. The van der Waals surface area contributed by atoms with Crippen molar-refractivity contribution in [1.82, 2.24) is 5.32 Å². The van der Waals surface area contributed by atoms with Gasteiger partial charge in [0.05, 0.1) is 0 Å². The van der Waals surface area contributed by atoms with E-state index in [1.165, 1.54) is 49.2 Å². The minimum Gasteiger partial charge on any atom is -0.371 e. The van der Waals surface area contributed by atoms with Gasteiger partial charge in [-0.2, -0.15) is 0 Å². The second-order valence-electron chi connectivity index (χ2n) is 5.49. The third kappa shape index (κ3) is 3.05. The van der Waals surface area contributed by atoms with Crippen molar-refractivity contribution in [1.29, 1.82) is 0 Å². The van der Waals surface area contributed by atoms with Crippen LogP contribution in [0.3, 0.4) is 0 Å². The molecular formula is C16H26N2. The molecule has 0 radical (unpaired) electrons. The predicted octanol–water partition coefficient (Wildman–Crippen LogP) is 3.34. The predicted molar refractivity (Wildman–Crippen MR) is 79.2 cm³/mol. The molecule has 0 saturated carbocycles. The van der Waals surface area contributed by atoms with Crippen molar-refractivity contribution in [3.8, 4) is 0 Å². The van der Waals surface area contributed by atoms with Gasteiger partial charge < -0.3 is 10.2 Å². The van der Waals surface area contributed by atoms with Crippen molar-refractivity contribution in [2.24, 2.45) is 5.92 Å². The first-order chi connectivity index (χ1) is 8.74. The van der Waals surface area contributed by atoms with Gasteiger partial charge in [0.15, 0.2) is 0 Å². The average molecular weight is 246 g/mol. The van der Waals surface area contributed by atoms with Crippen LogP contribution in [0.15, 0.2) is 18.2 Å². The molecule has 0 unspecified atom stereocenters. The summed E-state index contributed by atoms with van der Waals surface area (Å²) in [4.78, 5) is 2.56. The number of nitrogens with one attached hydrogen (secondary N) is 1. The van der Waals surface area contributed by atoms with E-state index in [4.69, 9.17) is 0 Å². The van der Waals surface area contributed by atoms with Gasteiger partial charge in [0.2, 0.25) is 0 Å². The Labute approximate surface area is 111 Å². The Bertz CT molecular complexity index is 379. The highest BCUT2D eigenvalue weighted by molar-refractivity contribution is 5.54. The molecule has 1 aromatic rings. The van der Waals surface area contributed by atoms with E-state index in [2.05, 4.69) is 42.3 Å². The summed E-state index contributed by atoms with van der Waals surface area (Å²) in [5, 5.41) is 3.21. The van der Waals surface area contributed by atoms with Gasteiger partial charge in [-0.3, -0.25) is 0 Å². The zero-order chi connectivity index (χ0) is 13.0. The molecule has 100 valence electrons. The van der Waals surface area contributed by atoms with Crippen LogP contribution in [0, 0.1) is 12.8 Å². The van der Waals surface area contributed by atoms with Crippen molar-refractivity contribution < 1.29 is 0 Å². The molecule has 18 heavy (non-hydrogen) atoms. The van der Waals surface area contributed by atoms with Crippen LogP contribution in [0.1, 0.15) is 37.3 Å². The van der Waals surface area contributed by atoms with Gasteiger partial charge in [-0.15, -0.1) is 0 Å². The molecule has 1 aromatic carbocycles. The van der Waals surface area contributed by atoms with E-state index in [0.29, 0.717) is 0 Å². The van der Waals surface area contributed by atoms with Crippen LogP contribution in [0.2, 0.25) is 0 Å². The van der Waals surface area contributed by atoms with Crippen LogP contribution < -0.4 is 10.2 Å². The van der Waals surface area contributed by atoms with Crippen molar-refractivity contribution in [2.45, 2.75) is 39.7 Å². The zero-order valence-electron chi connectivity index (χ0n) is 12.0. The Kier molecular flexibility index (Phi) is 4.65. The van der Waals surface area contributed by atoms with Crippen LogP contribution in [-0.4, -0.2) is 20.1 Å². The monoisotopic (exact) mass is 246 g/mol. The van der Waals surface area contributed by atoms with Gasteiger partial charge >= 0.3 is 0 Å². The number of benzene rings is 1. The van der Waals surface area contributed by atoms with E-state index in [1.807, 2.05) is 7.05 Å². The summed E-state index contributed by atoms with van der Waals surface area (Å²) in [5.41, 5.74) is 4.23. The van der Waals surface area contributed by atoms with E-state index < -0.39 is 0 Å². The van der Waals surface area contributed by atoms with Crippen LogP contribution in [0.25, 0.3) is 0 Å². The Morgan fingerprint density at radius 2 is 2.00 bits per heavy atom. The number of rotatable bonds is 4. The molecule has 2 heteroatoms. The maximum absolute atomic E-state index is 3.21. The number of nitrogens with zero attached hydrogens (tertiary/aromatic N) is 1. The second kappa shape index (κ2) is 6.24. The average Bonchev–Trinajstić information content (AvgIpc) is 2.40. The van der Waals surface area contributed by atoms with Crippen molar-refractivity contribution in [3.05, 3.63) is 29.3 Å². The van der Waals surface area contributed by atoms with Gasteiger partial charge in [0, 0.05) is 25.3 Å². The quantitative estimate of drug-likeness (QED) is 0.876. The number of piperidine rings is 1. The molecule has 1 N–H and O–H groups in total. The summed E-state index contributed by atoms with van der Waals surface area (Å²) in [6.45, 7) is 7.97. The summed E-state index contributed by atoms with van der Waals surface area (Å²) >= 11 is 0. The third-order valence-corrected chi connectivity index (χ3v) is 4.17. The fraction of sp³-hybridized carbons (Fsp3) is 0.625. The molecule has 1 heterocycles. The Morgan fingerprint density at radius 1 is 1.28 bits per heavy atom. The van der Waals surface area contributed by atoms with E-state index in [1.54, 1.807) is 0 Å².